The molecule has 0 unspecified atom stereocenters. The van der Waals surface area contributed by atoms with Crippen molar-refractivity contribution in [3.63, 3.8) is 0 Å². The molecule has 1 amide bonds. The summed E-state index contributed by atoms with van der Waals surface area (Å²) in [5.41, 5.74) is 5.66. The van der Waals surface area contributed by atoms with Crippen LogP contribution in [0.2, 0.25) is 0 Å². The molecule has 0 radical (unpaired) electrons. The number of hydrogen-bond acceptors (Lipinski definition) is 3. The Bertz CT molecular complexity index is 421. The molecule has 0 atom stereocenters. The van der Waals surface area contributed by atoms with Gasteiger partial charge in [0.15, 0.2) is 11.5 Å². The first-order valence-electron chi connectivity index (χ1n) is 5.99. The number of unbranched alkanes of at least 4 members (excludes halogenated alkanes) is 1. The number of benzene rings is 1. The van der Waals surface area contributed by atoms with E-state index < -0.39 is 5.91 Å². The van der Waals surface area contributed by atoms with Gasteiger partial charge in [-0.3, -0.25) is 4.79 Å². The van der Waals surface area contributed by atoms with Crippen LogP contribution in [0.25, 0.3) is 0 Å². The molecule has 0 aliphatic heterocycles. The zero-order chi connectivity index (χ0) is 13.5. The summed E-state index contributed by atoms with van der Waals surface area (Å²) in [7, 11) is 0. The fourth-order valence-electron chi connectivity index (χ4n) is 1.43. The van der Waals surface area contributed by atoms with Gasteiger partial charge in [0.05, 0.1) is 17.7 Å². The van der Waals surface area contributed by atoms with Crippen LogP contribution < -0.4 is 15.2 Å². The quantitative estimate of drug-likeness (QED) is 0.786. The second-order valence-electron chi connectivity index (χ2n) is 3.78. The van der Waals surface area contributed by atoms with Crippen molar-refractivity contribution in [1.29, 1.82) is 0 Å². The zero-order valence-corrected chi connectivity index (χ0v) is 12.2. The maximum absolute atomic E-state index is 11.2. The van der Waals surface area contributed by atoms with E-state index in [1.54, 1.807) is 12.1 Å². The molecule has 0 heterocycles. The number of halogens is 1. The van der Waals surface area contributed by atoms with E-state index in [1.807, 2.05) is 6.92 Å². The van der Waals surface area contributed by atoms with Crippen LogP contribution in [0.1, 0.15) is 37.0 Å². The Hall–Kier alpha value is -1.23. The SMILES string of the molecule is CCCCOc1c(Br)cc(C(N)=O)cc1OCC. The minimum absolute atomic E-state index is 0.396. The highest BCUT2D eigenvalue weighted by atomic mass is 79.9. The van der Waals surface area contributed by atoms with E-state index in [4.69, 9.17) is 15.2 Å². The number of nitrogens with two attached hydrogens (primary N) is 1. The highest BCUT2D eigenvalue weighted by Gasteiger charge is 2.14. The van der Waals surface area contributed by atoms with Gasteiger partial charge in [-0.05, 0) is 41.4 Å². The fraction of sp³-hybridized carbons (Fsp3) is 0.462. The van der Waals surface area contributed by atoms with Gasteiger partial charge in [-0.1, -0.05) is 13.3 Å². The maximum atomic E-state index is 11.2. The predicted octanol–water partition coefficient (Wildman–Crippen LogP) is 3.13. The van der Waals surface area contributed by atoms with Gasteiger partial charge < -0.3 is 15.2 Å². The van der Waals surface area contributed by atoms with E-state index >= 15 is 0 Å². The smallest absolute Gasteiger partial charge is 0.248 e. The predicted molar refractivity (Wildman–Crippen MR) is 74.2 cm³/mol. The summed E-state index contributed by atoms with van der Waals surface area (Å²) in [6.07, 6.45) is 2.02. The van der Waals surface area contributed by atoms with Crippen molar-refractivity contribution in [2.45, 2.75) is 26.7 Å². The Labute approximate surface area is 116 Å². The first-order chi connectivity index (χ1) is 8.60. The van der Waals surface area contributed by atoms with E-state index in [0.717, 1.165) is 12.8 Å². The molecule has 0 bridgehead atoms. The molecule has 0 aliphatic carbocycles. The number of hydrogen-bond donors (Lipinski definition) is 1. The monoisotopic (exact) mass is 315 g/mol. The lowest BCUT2D eigenvalue weighted by atomic mass is 10.2. The van der Waals surface area contributed by atoms with Gasteiger partial charge >= 0.3 is 0 Å². The Morgan fingerprint density at radius 1 is 1.33 bits per heavy atom. The van der Waals surface area contributed by atoms with E-state index in [9.17, 15) is 4.79 Å². The second kappa shape index (κ2) is 7.26. The minimum atomic E-state index is -0.489. The first-order valence-corrected chi connectivity index (χ1v) is 6.78. The lowest BCUT2D eigenvalue weighted by Gasteiger charge is -2.14. The Morgan fingerprint density at radius 3 is 2.61 bits per heavy atom. The molecule has 4 nitrogen and oxygen atoms in total. The summed E-state index contributed by atoms with van der Waals surface area (Å²) in [5.74, 6) is 0.670. The zero-order valence-electron chi connectivity index (χ0n) is 10.7. The first kappa shape index (κ1) is 14.8. The van der Waals surface area contributed by atoms with Gasteiger partial charge in [-0.15, -0.1) is 0 Å². The number of primary amides is 1. The van der Waals surface area contributed by atoms with Crippen molar-refractivity contribution in [2.24, 2.45) is 5.73 Å². The van der Waals surface area contributed by atoms with Crippen LogP contribution in [0.3, 0.4) is 0 Å². The molecule has 5 heteroatoms. The molecule has 0 saturated carbocycles. The van der Waals surface area contributed by atoms with Gasteiger partial charge in [0.1, 0.15) is 0 Å². The summed E-state index contributed by atoms with van der Waals surface area (Å²) in [6.45, 7) is 5.09. The van der Waals surface area contributed by atoms with Crippen molar-refractivity contribution in [3.8, 4) is 11.5 Å². The van der Waals surface area contributed by atoms with Crippen LogP contribution in [0.15, 0.2) is 16.6 Å². The molecule has 0 spiro atoms. The standard InChI is InChI=1S/C13H18BrNO3/c1-3-5-6-18-12-10(14)7-9(13(15)16)8-11(12)17-4-2/h7-8H,3-6H2,1-2H3,(H2,15,16). The molecule has 1 aromatic rings. The minimum Gasteiger partial charge on any atom is -0.490 e. The largest absolute Gasteiger partial charge is 0.490 e. The van der Waals surface area contributed by atoms with Crippen LogP contribution >= 0.6 is 15.9 Å². The van der Waals surface area contributed by atoms with Gasteiger partial charge in [-0.2, -0.15) is 0 Å². The van der Waals surface area contributed by atoms with Crippen molar-refractivity contribution in [1.82, 2.24) is 0 Å². The molecule has 1 rings (SSSR count). The Kier molecular flexibility index (Phi) is 5.98. The molecule has 100 valence electrons. The van der Waals surface area contributed by atoms with Crippen LogP contribution in [0.5, 0.6) is 11.5 Å². The van der Waals surface area contributed by atoms with Crippen molar-refractivity contribution < 1.29 is 14.3 Å². The molecular formula is C13H18BrNO3. The van der Waals surface area contributed by atoms with E-state index in [-0.39, 0.29) is 0 Å². The maximum Gasteiger partial charge on any atom is 0.248 e. The summed E-state index contributed by atoms with van der Waals surface area (Å²) >= 11 is 3.38. The van der Waals surface area contributed by atoms with Crippen molar-refractivity contribution in [3.05, 3.63) is 22.2 Å². The van der Waals surface area contributed by atoms with Gasteiger partial charge in [0.2, 0.25) is 5.91 Å². The number of carbonyl (C=O) groups is 1. The molecule has 0 saturated heterocycles. The lowest BCUT2D eigenvalue weighted by Crippen LogP contribution is -2.12. The van der Waals surface area contributed by atoms with E-state index in [2.05, 4.69) is 22.9 Å². The van der Waals surface area contributed by atoms with Crippen LogP contribution in [-0.2, 0) is 0 Å². The Balaban J connectivity index is 3.02. The third-order valence-electron chi connectivity index (χ3n) is 2.34. The second-order valence-corrected chi connectivity index (χ2v) is 4.64. The highest BCUT2D eigenvalue weighted by molar-refractivity contribution is 9.10. The average Bonchev–Trinajstić information content (AvgIpc) is 2.32. The molecule has 18 heavy (non-hydrogen) atoms. The number of rotatable bonds is 7. The van der Waals surface area contributed by atoms with Gasteiger partial charge in [0, 0.05) is 5.56 Å². The van der Waals surface area contributed by atoms with Crippen molar-refractivity contribution in [2.75, 3.05) is 13.2 Å². The fourth-order valence-corrected chi connectivity index (χ4v) is 1.99. The van der Waals surface area contributed by atoms with Gasteiger partial charge in [-0.25, -0.2) is 0 Å². The van der Waals surface area contributed by atoms with E-state index in [0.29, 0.717) is 34.7 Å². The van der Waals surface area contributed by atoms with Crippen LogP contribution in [0.4, 0.5) is 0 Å². The molecule has 0 aromatic heterocycles. The van der Waals surface area contributed by atoms with Crippen molar-refractivity contribution >= 4 is 21.8 Å². The highest BCUT2D eigenvalue weighted by Crippen LogP contribution is 2.37. The number of amides is 1. The summed E-state index contributed by atoms with van der Waals surface area (Å²) in [4.78, 5) is 11.2. The average molecular weight is 316 g/mol. The molecule has 1 aromatic carbocycles. The van der Waals surface area contributed by atoms with Crippen LogP contribution in [-0.4, -0.2) is 19.1 Å². The normalized spacial score (nSPS) is 10.2. The summed E-state index contributed by atoms with van der Waals surface area (Å²) < 4.78 is 11.8. The third kappa shape index (κ3) is 3.91. The molecule has 2 N–H and O–H groups in total. The van der Waals surface area contributed by atoms with Crippen LogP contribution in [0, 0.1) is 0 Å². The third-order valence-corrected chi connectivity index (χ3v) is 2.93. The Morgan fingerprint density at radius 2 is 2.06 bits per heavy atom. The topological polar surface area (TPSA) is 61.5 Å². The summed E-state index contributed by atoms with van der Waals surface area (Å²) in [6, 6.07) is 3.25. The molecule has 0 aliphatic rings. The molecule has 0 fully saturated rings. The van der Waals surface area contributed by atoms with Gasteiger partial charge in [0.25, 0.3) is 0 Å². The number of ether oxygens (including phenoxy) is 2. The number of carbonyl (C=O) groups excluding carboxylic acids is 1. The lowest BCUT2D eigenvalue weighted by molar-refractivity contribution is 0.0999. The van der Waals surface area contributed by atoms with E-state index in [1.165, 1.54) is 0 Å². The summed E-state index contributed by atoms with van der Waals surface area (Å²) in [5, 5.41) is 0. The molecular weight excluding hydrogens is 298 g/mol.